The molecule has 0 saturated carbocycles. The highest BCUT2D eigenvalue weighted by Crippen LogP contribution is 2.51. The number of carbonyl (C=O) groups excluding carboxylic acids is 1. The molecule has 0 spiro atoms. The normalized spacial score (nSPS) is 18.4. The average Bonchev–Trinajstić information content (AvgIpc) is 3.68. The Balaban J connectivity index is 1.22. The van der Waals surface area contributed by atoms with Crippen LogP contribution >= 0.6 is 8.53 Å². The van der Waals surface area contributed by atoms with E-state index in [1.54, 1.807) is 7.11 Å². The molecule has 5 atom stereocenters. The minimum absolute atomic E-state index is 0.0333. The van der Waals surface area contributed by atoms with Gasteiger partial charge in [-0.3, -0.25) is 14.3 Å². The number of aromatic nitrogens is 2. The number of hydrogen-bond donors (Lipinski definition) is 1. The fraction of sp³-hybridized carbons (Fsp3) is 0.333. The zero-order chi connectivity index (χ0) is 48.5. The van der Waals surface area contributed by atoms with Crippen molar-refractivity contribution < 1.29 is 37.5 Å². The van der Waals surface area contributed by atoms with Crippen molar-refractivity contribution in [1.82, 2.24) is 14.2 Å². The van der Waals surface area contributed by atoms with Gasteiger partial charge in [-0.05, 0) is 78.8 Å². The fourth-order valence-electron chi connectivity index (χ4n) is 9.45. The smallest absolute Gasteiger partial charge is 0.497 e. The lowest BCUT2D eigenvalue weighted by Gasteiger charge is -2.46. The molecule has 14 nitrogen and oxygen atoms in total. The van der Waals surface area contributed by atoms with Crippen LogP contribution in [-0.2, 0) is 33.6 Å². The second-order valence-corrected chi connectivity index (χ2v) is 18.8. The number of benzene rings is 5. The van der Waals surface area contributed by atoms with Crippen molar-refractivity contribution in [3.8, 4) is 22.9 Å². The molecule has 1 unspecified atom stereocenters. The molecule has 15 heteroatoms. The number of methoxy groups -OCH3 is 1. The maximum Gasteiger partial charge on any atom is 0.508 e. The van der Waals surface area contributed by atoms with Gasteiger partial charge in [-0.25, -0.2) is 14.3 Å². The third-order valence-electron chi connectivity index (χ3n) is 12.5. The van der Waals surface area contributed by atoms with Gasteiger partial charge in [0, 0.05) is 30.3 Å². The molecule has 0 amide bonds. The molecule has 5 aromatic carbocycles. The molecule has 1 aromatic heterocycles. The average molecular weight is 953 g/mol. The lowest BCUT2D eigenvalue weighted by atomic mass is 9.80. The quantitative estimate of drug-likeness (QED) is 0.0355. The molecule has 2 aliphatic rings. The minimum Gasteiger partial charge on any atom is -0.497 e. The molecular formula is C54H57N4O10P. The van der Waals surface area contributed by atoms with E-state index < -0.39 is 55.9 Å². The van der Waals surface area contributed by atoms with Gasteiger partial charge in [0.1, 0.15) is 36.2 Å². The Labute approximate surface area is 403 Å². The van der Waals surface area contributed by atoms with Crippen LogP contribution in [0.3, 0.4) is 0 Å². The van der Waals surface area contributed by atoms with Gasteiger partial charge in [-0.1, -0.05) is 121 Å². The molecule has 6 aromatic rings. The van der Waals surface area contributed by atoms with Crippen molar-refractivity contribution in [2.45, 2.75) is 82.1 Å². The molecule has 0 bridgehead atoms. The highest BCUT2D eigenvalue weighted by molar-refractivity contribution is 7.44. The predicted octanol–water partition coefficient (Wildman–Crippen LogP) is 9.49. The lowest BCUT2D eigenvalue weighted by Crippen LogP contribution is -2.57. The third kappa shape index (κ3) is 10.6. The predicted molar refractivity (Wildman–Crippen MR) is 262 cm³/mol. The maximum atomic E-state index is 14.4. The van der Waals surface area contributed by atoms with Gasteiger partial charge in [0.2, 0.25) is 0 Å². The number of nitrogens with one attached hydrogen (secondary N) is 1. The number of hydrogen-bond acceptors (Lipinski definition) is 12. The second-order valence-electron chi connectivity index (χ2n) is 17.4. The van der Waals surface area contributed by atoms with Crippen LogP contribution in [0, 0.1) is 11.3 Å². The van der Waals surface area contributed by atoms with Crippen molar-refractivity contribution in [2.24, 2.45) is 0 Å². The Morgan fingerprint density at radius 3 is 1.94 bits per heavy atom. The largest absolute Gasteiger partial charge is 0.508 e. The van der Waals surface area contributed by atoms with Crippen LogP contribution in [0.25, 0.3) is 11.1 Å². The van der Waals surface area contributed by atoms with E-state index >= 15 is 0 Å². The van der Waals surface area contributed by atoms with E-state index in [-0.39, 0.29) is 50.8 Å². The van der Waals surface area contributed by atoms with Crippen molar-refractivity contribution in [3.05, 3.63) is 194 Å². The monoisotopic (exact) mass is 952 g/mol. The zero-order valence-corrected chi connectivity index (χ0v) is 40.2. The molecule has 1 N–H and O–H groups in total. The Hall–Kier alpha value is -6.43. The summed E-state index contributed by atoms with van der Waals surface area (Å²) in [7, 11) is -0.397. The Bertz CT molecular complexity index is 2720. The van der Waals surface area contributed by atoms with E-state index in [9.17, 15) is 19.6 Å². The molecule has 2 heterocycles. The van der Waals surface area contributed by atoms with Crippen molar-refractivity contribution in [2.75, 3.05) is 33.5 Å². The summed E-state index contributed by atoms with van der Waals surface area (Å²) < 4.78 is 49.2. The van der Waals surface area contributed by atoms with Crippen LogP contribution in [0.1, 0.15) is 73.9 Å². The fourth-order valence-corrected chi connectivity index (χ4v) is 11.2. The van der Waals surface area contributed by atoms with Crippen molar-refractivity contribution in [3.63, 3.8) is 0 Å². The summed E-state index contributed by atoms with van der Waals surface area (Å²) in [6.45, 7) is 7.77. The van der Waals surface area contributed by atoms with Gasteiger partial charge in [-0.2, -0.15) is 5.26 Å². The molecule has 358 valence electrons. The van der Waals surface area contributed by atoms with Gasteiger partial charge >= 0.3 is 11.8 Å². The molecule has 8 rings (SSSR count). The standard InChI is InChI=1S/C54H57N4O10P/c1-36(2)58(37(3)4)69(66-32-16-30-55)68-51-48(35-65-54(38-17-8-6-9-18-38,39-19-10-7-11-20-39)40-25-27-41(62-5)28-26-40)63-34-47(57-31-29-49(59)56-52(57)60)50(51)67-53(61)64-33-46-44-23-14-12-21-42(44)43-22-13-15-24-45(43)46/h6-15,17-29,31,36-37,46-48,50-51H,16,32-35H2,1-5H3,(H,56,59,60)/t47-,48-,50+,51-,69?/m1/s1. The van der Waals surface area contributed by atoms with E-state index in [1.807, 2.05) is 149 Å². The van der Waals surface area contributed by atoms with Gasteiger partial charge in [0.15, 0.2) is 6.10 Å². The third-order valence-corrected chi connectivity index (χ3v) is 14.6. The molecular weight excluding hydrogens is 896 g/mol. The van der Waals surface area contributed by atoms with Crippen LogP contribution < -0.4 is 16.0 Å². The number of rotatable bonds is 19. The topological polar surface area (TPSA) is 164 Å². The Morgan fingerprint density at radius 2 is 1.38 bits per heavy atom. The van der Waals surface area contributed by atoms with Crippen LogP contribution in [-0.4, -0.2) is 84.3 Å². The summed E-state index contributed by atoms with van der Waals surface area (Å²) in [4.78, 5) is 42.9. The number of nitriles is 1. The zero-order valence-electron chi connectivity index (χ0n) is 39.3. The highest BCUT2D eigenvalue weighted by Gasteiger charge is 2.50. The molecule has 1 aliphatic carbocycles. The molecule has 1 saturated heterocycles. The summed E-state index contributed by atoms with van der Waals surface area (Å²) in [6.07, 6.45) is -3.04. The molecule has 1 fully saturated rings. The van der Waals surface area contributed by atoms with Gasteiger partial charge in [0.25, 0.3) is 14.1 Å². The van der Waals surface area contributed by atoms with Crippen LogP contribution in [0.2, 0.25) is 0 Å². The number of carbonyl (C=O) groups is 1. The van der Waals surface area contributed by atoms with Crippen molar-refractivity contribution in [1.29, 1.82) is 5.26 Å². The van der Waals surface area contributed by atoms with E-state index in [4.69, 9.17) is 32.7 Å². The Morgan fingerprint density at radius 1 is 0.797 bits per heavy atom. The van der Waals surface area contributed by atoms with Crippen LogP contribution in [0.5, 0.6) is 5.75 Å². The number of nitrogens with zero attached hydrogens (tertiary/aromatic N) is 3. The number of H-pyrrole nitrogens is 1. The van der Waals surface area contributed by atoms with E-state index in [0.29, 0.717) is 5.75 Å². The summed E-state index contributed by atoms with van der Waals surface area (Å²) in [5.41, 5.74) is 4.05. The van der Waals surface area contributed by atoms with E-state index in [1.165, 1.54) is 16.8 Å². The number of ether oxygens (including phenoxy) is 5. The highest BCUT2D eigenvalue weighted by atomic mass is 31.2. The summed E-state index contributed by atoms with van der Waals surface area (Å²) in [5, 5.41) is 9.59. The van der Waals surface area contributed by atoms with Crippen LogP contribution in [0.4, 0.5) is 4.79 Å². The SMILES string of the molecule is COc1ccc(C(OC[C@H]2OC[C@@H](n3ccc(=O)[nH]c3=O)[C@H](OC(=O)OCC3c4ccccc4-c4ccccc43)[C@@H]2OP(OCCC#N)N(C(C)C)C(C)C)(c2ccccc2)c2ccccc2)cc1. The maximum absolute atomic E-state index is 14.4. The van der Waals surface area contributed by atoms with E-state index in [2.05, 4.69) is 27.9 Å². The van der Waals surface area contributed by atoms with Gasteiger partial charge in [-0.15, -0.1) is 0 Å². The summed E-state index contributed by atoms with van der Waals surface area (Å²) >= 11 is 0. The Kier molecular flexibility index (Phi) is 15.9. The first-order valence-electron chi connectivity index (χ1n) is 23.1. The van der Waals surface area contributed by atoms with Gasteiger partial charge in [0.05, 0.1) is 39.4 Å². The van der Waals surface area contributed by atoms with Crippen molar-refractivity contribution >= 4 is 14.7 Å². The molecule has 69 heavy (non-hydrogen) atoms. The first-order chi connectivity index (χ1) is 33.5. The van der Waals surface area contributed by atoms with Crippen LogP contribution in [0.15, 0.2) is 155 Å². The van der Waals surface area contributed by atoms with E-state index in [0.717, 1.165) is 38.9 Å². The van der Waals surface area contributed by atoms with Gasteiger partial charge < -0.3 is 32.7 Å². The molecule has 0 radical (unpaired) electrons. The minimum atomic E-state index is -2.01. The first kappa shape index (κ1) is 49.0. The summed E-state index contributed by atoms with van der Waals surface area (Å²) in [5.74, 6) is 0.402. The number of aromatic amines is 1. The first-order valence-corrected chi connectivity index (χ1v) is 24.3. The number of fused-ring (bicyclic) bond motifs is 3. The summed E-state index contributed by atoms with van der Waals surface area (Å²) in [6, 6.07) is 45.5. The second kappa shape index (κ2) is 22.3. The lowest BCUT2D eigenvalue weighted by molar-refractivity contribution is -0.184. The molecule has 1 aliphatic heterocycles.